The molecule has 2 heteroatoms. The van der Waals surface area contributed by atoms with E-state index in [1.807, 2.05) is 6.07 Å². The molecule has 0 radical (unpaired) electrons. The molecule has 0 aliphatic heterocycles. The summed E-state index contributed by atoms with van der Waals surface area (Å²) in [5, 5.41) is 18.2. The molecule has 1 N–H and O–H groups in total. The van der Waals surface area contributed by atoms with Crippen molar-refractivity contribution in [1.29, 1.82) is 5.26 Å². The Kier molecular flexibility index (Phi) is 3.78. The van der Waals surface area contributed by atoms with Gasteiger partial charge in [-0.15, -0.1) is 0 Å². The SMILES string of the molecule is CC1CC[C@H](C)C(C)(C)[C@@H]1CC(O)C#N. The molecular formula is C13H23NO. The van der Waals surface area contributed by atoms with Crippen LogP contribution in [-0.4, -0.2) is 11.2 Å². The monoisotopic (exact) mass is 209 g/mol. The quantitative estimate of drug-likeness (QED) is 0.710. The van der Waals surface area contributed by atoms with Gasteiger partial charge in [-0.25, -0.2) is 0 Å². The van der Waals surface area contributed by atoms with E-state index in [0.29, 0.717) is 24.2 Å². The number of rotatable bonds is 2. The van der Waals surface area contributed by atoms with E-state index in [2.05, 4.69) is 27.7 Å². The van der Waals surface area contributed by atoms with E-state index in [1.54, 1.807) is 0 Å². The normalized spacial score (nSPS) is 36.9. The maximum Gasteiger partial charge on any atom is 0.140 e. The molecule has 4 atom stereocenters. The zero-order valence-corrected chi connectivity index (χ0v) is 10.3. The number of aliphatic hydroxyl groups excluding tert-OH is 1. The molecule has 1 aliphatic carbocycles. The fraction of sp³-hybridized carbons (Fsp3) is 0.923. The van der Waals surface area contributed by atoms with E-state index in [9.17, 15) is 5.11 Å². The van der Waals surface area contributed by atoms with E-state index in [-0.39, 0.29) is 5.41 Å². The molecule has 0 saturated heterocycles. The summed E-state index contributed by atoms with van der Waals surface area (Å²) in [4.78, 5) is 0. The van der Waals surface area contributed by atoms with Crippen LogP contribution in [0.15, 0.2) is 0 Å². The number of hydrogen-bond donors (Lipinski definition) is 1. The van der Waals surface area contributed by atoms with Crippen LogP contribution in [0.5, 0.6) is 0 Å². The zero-order chi connectivity index (χ0) is 11.6. The highest BCUT2D eigenvalue weighted by molar-refractivity contribution is 4.95. The second-order valence-corrected chi connectivity index (χ2v) is 5.76. The Morgan fingerprint density at radius 2 is 2.00 bits per heavy atom. The van der Waals surface area contributed by atoms with Gasteiger partial charge in [-0.05, 0) is 36.0 Å². The van der Waals surface area contributed by atoms with E-state index in [1.165, 1.54) is 12.8 Å². The lowest BCUT2D eigenvalue weighted by atomic mass is 9.58. The Bertz CT molecular complexity index is 254. The van der Waals surface area contributed by atoms with Crippen LogP contribution in [0.25, 0.3) is 0 Å². The van der Waals surface area contributed by atoms with Crippen molar-refractivity contribution in [3.63, 3.8) is 0 Å². The van der Waals surface area contributed by atoms with Gasteiger partial charge in [-0.2, -0.15) is 5.26 Å². The first-order chi connectivity index (χ1) is 6.89. The van der Waals surface area contributed by atoms with Crippen molar-refractivity contribution in [1.82, 2.24) is 0 Å². The van der Waals surface area contributed by atoms with Crippen molar-refractivity contribution < 1.29 is 5.11 Å². The molecule has 2 unspecified atom stereocenters. The van der Waals surface area contributed by atoms with Crippen molar-refractivity contribution in [2.45, 2.75) is 53.1 Å². The molecule has 1 rings (SSSR count). The van der Waals surface area contributed by atoms with Crippen LogP contribution in [0.3, 0.4) is 0 Å². The van der Waals surface area contributed by atoms with Crippen molar-refractivity contribution in [2.75, 3.05) is 0 Å². The fourth-order valence-corrected chi connectivity index (χ4v) is 3.01. The maximum atomic E-state index is 9.49. The smallest absolute Gasteiger partial charge is 0.140 e. The fourth-order valence-electron chi connectivity index (χ4n) is 3.01. The molecule has 86 valence electrons. The largest absolute Gasteiger partial charge is 0.378 e. The summed E-state index contributed by atoms with van der Waals surface area (Å²) in [5.41, 5.74) is 0.246. The number of nitrogens with zero attached hydrogens (tertiary/aromatic N) is 1. The Hall–Kier alpha value is -0.550. The summed E-state index contributed by atoms with van der Waals surface area (Å²) in [6.45, 7) is 9.10. The van der Waals surface area contributed by atoms with Crippen LogP contribution < -0.4 is 0 Å². The molecule has 0 amide bonds. The minimum atomic E-state index is -0.790. The minimum absolute atomic E-state index is 0.246. The summed E-state index contributed by atoms with van der Waals surface area (Å²) in [6.07, 6.45) is 2.34. The van der Waals surface area contributed by atoms with Gasteiger partial charge in [0.1, 0.15) is 6.10 Å². The van der Waals surface area contributed by atoms with Gasteiger partial charge in [0.2, 0.25) is 0 Å². The van der Waals surface area contributed by atoms with E-state index >= 15 is 0 Å². The zero-order valence-electron chi connectivity index (χ0n) is 10.3. The lowest BCUT2D eigenvalue weighted by Crippen LogP contribution is -2.41. The third-order valence-corrected chi connectivity index (χ3v) is 4.59. The summed E-state index contributed by atoms with van der Waals surface area (Å²) in [6, 6.07) is 1.94. The predicted octanol–water partition coefficient (Wildman–Crippen LogP) is 2.97. The highest BCUT2D eigenvalue weighted by Crippen LogP contribution is 2.49. The molecule has 2 nitrogen and oxygen atoms in total. The topological polar surface area (TPSA) is 44.0 Å². The van der Waals surface area contributed by atoms with Crippen LogP contribution in [0.1, 0.15) is 47.0 Å². The Morgan fingerprint density at radius 3 is 2.53 bits per heavy atom. The summed E-state index contributed by atoms with van der Waals surface area (Å²) < 4.78 is 0. The molecule has 1 aliphatic rings. The molecule has 0 bridgehead atoms. The number of nitriles is 1. The van der Waals surface area contributed by atoms with E-state index < -0.39 is 6.10 Å². The second-order valence-electron chi connectivity index (χ2n) is 5.76. The highest BCUT2D eigenvalue weighted by Gasteiger charge is 2.42. The van der Waals surface area contributed by atoms with Crippen LogP contribution in [0.2, 0.25) is 0 Å². The van der Waals surface area contributed by atoms with Crippen molar-refractivity contribution in [2.24, 2.45) is 23.2 Å². The molecule has 0 heterocycles. The van der Waals surface area contributed by atoms with Gasteiger partial charge in [-0.3, -0.25) is 0 Å². The van der Waals surface area contributed by atoms with Crippen LogP contribution >= 0.6 is 0 Å². The summed E-state index contributed by atoms with van der Waals surface area (Å²) >= 11 is 0. The molecule has 0 spiro atoms. The van der Waals surface area contributed by atoms with Crippen molar-refractivity contribution in [3.8, 4) is 6.07 Å². The third-order valence-electron chi connectivity index (χ3n) is 4.59. The molecule has 15 heavy (non-hydrogen) atoms. The van der Waals surface area contributed by atoms with Gasteiger partial charge in [-0.1, -0.05) is 34.1 Å². The Balaban J connectivity index is 2.77. The Labute approximate surface area is 93.3 Å². The lowest BCUT2D eigenvalue weighted by molar-refractivity contribution is 0.00277. The van der Waals surface area contributed by atoms with Gasteiger partial charge in [0.25, 0.3) is 0 Å². The molecule has 0 aromatic rings. The van der Waals surface area contributed by atoms with E-state index in [0.717, 1.165) is 0 Å². The maximum absolute atomic E-state index is 9.49. The molecule has 0 aromatic heterocycles. The van der Waals surface area contributed by atoms with Crippen LogP contribution in [0.4, 0.5) is 0 Å². The standard InChI is InChI=1S/C13H23NO/c1-9-5-6-10(2)13(3,4)12(9)7-11(15)8-14/h9-12,15H,5-7H2,1-4H3/t9?,10-,11?,12+/m0/s1. The average molecular weight is 209 g/mol. The van der Waals surface area contributed by atoms with Crippen molar-refractivity contribution in [3.05, 3.63) is 0 Å². The highest BCUT2D eigenvalue weighted by atomic mass is 16.3. The average Bonchev–Trinajstić information content (AvgIpc) is 2.19. The van der Waals surface area contributed by atoms with Gasteiger partial charge in [0.15, 0.2) is 0 Å². The Morgan fingerprint density at radius 1 is 1.40 bits per heavy atom. The lowest BCUT2D eigenvalue weighted by Gasteiger charge is -2.47. The third kappa shape index (κ3) is 2.52. The first-order valence-electron chi connectivity index (χ1n) is 5.97. The number of aliphatic hydroxyl groups is 1. The first kappa shape index (κ1) is 12.5. The van der Waals surface area contributed by atoms with E-state index in [4.69, 9.17) is 5.26 Å². The van der Waals surface area contributed by atoms with Crippen LogP contribution in [-0.2, 0) is 0 Å². The summed E-state index contributed by atoms with van der Waals surface area (Å²) in [5.74, 6) is 1.78. The molecule has 1 fully saturated rings. The minimum Gasteiger partial charge on any atom is -0.378 e. The van der Waals surface area contributed by atoms with Gasteiger partial charge < -0.3 is 5.11 Å². The summed E-state index contributed by atoms with van der Waals surface area (Å²) in [7, 11) is 0. The van der Waals surface area contributed by atoms with Crippen molar-refractivity contribution >= 4 is 0 Å². The molecule has 0 aromatic carbocycles. The van der Waals surface area contributed by atoms with Crippen LogP contribution in [0, 0.1) is 34.5 Å². The first-order valence-corrected chi connectivity index (χ1v) is 5.97. The van der Waals surface area contributed by atoms with Gasteiger partial charge in [0.05, 0.1) is 6.07 Å². The second kappa shape index (κ2) is 4.53. The molecular weight excluding hydrogens is 186 g/mol. The number of hydrogen-bond acceptors (Lipinski definition) is 2. The molecule has 1 saturated carbocycles. The van der Waals surface area contributed by atoms with Gasteiger partial charge in [0, 0.05) is 0 Å². The van der Waals surface area contributed by atoms with Gasteiger partial charge >= 0.3 is 0 Å². The predicted molar refractivity (Wildman–Crippen MR) is 61.1 cm³/mol.